The molecule has 0 bridgehead atoms. The highest BCUT2D eigenvalue weighted by atomic mass is 16.5. The van der Waals surface area contributed by atoms with Gasteiger partial charge in [0.1, 0.15) is 0 Å². The minimum atomic E-state index is 0.375. The quantitative estimate of drug-likeness (QED) is 0.397. The van der Waals surface area contributed by atoms with E-state index in [1.54, 1.807) is 14.2 Å². The second-order valence-electron chi connectivity index (χ2n) is 2.54. The van der Waals surface area contributed by atoms with Crippen LogP contribution < -0.4 is 0 Å². The Balaban J connectivity index is 0. The van der Waals surface area contributed by atoms with Gasteiger partial charge in [-0.05, 0) is 0 Å². The van der Waals surface area contributed by atoms with Crippen LogP contribution in [0.4, 0.5) is 0 Å². The Bertz CT molecular complexity index is 110. The molecule has 98 valence electrons. The molecule has 0 heterocycles. The predicted molar refractivity (Wildman–Crippen MR) is 58.5 cm³/mol. The molecular formula is C10H22O6. The van der Waals surface area contributed by atoms with Crippen LogP contribution in [0.5, 0.6) is 0 Å². The van der Waals surface area contributed by atoms with E-state index in [4.69, 9.17) is 23.7 Å². The van der Waals surface area contributed by atoms with Crippen LogP contribution in [0.15, 0.2) is 0 Å². The lowest BCUT2D eigenvalue weighted by atomic mass is 10.7. The Kier molecular flexibility index (Phi) is 21.9. The van der Waals surface area contributed by atoms with Crippen molar-refractivity contribution in [3.8, 4) is 0 Å². The Morgan fingerprint density at radius 2 is 1.06 bits per heavy atom. The van der Waals surface area contributed by atoms with E-state index in [0.29, 0.717) is 46.1 Å². The molecule has 0 spiro atoms. The molecule has 16 heavy (non-hydrogen) atoms. The van der Waals surface area contributed by atoms with E-state index in [1.807, 2.05) is 0 Å². The molecule has 0 atom stereocenters. The molecular weight excluding hydrogens is 216 g/mol. The van der Waals surface area contributed by atoms with E-state index >= 15 is 0 Å². The van der Waals surface area contributed by atoms with Gasteiger partial charge in [-0.2, -0.15) is 0 Å². The number of methoxy groups -OCH3 is 3. The Morgan fingerprint density at radius 1 is 0.750 bits per heavy atom. The lowest BCUT2D eigenvalue weighted by molar-refractivity contribution is -0.126. The highest BCUT2D eigenvalue weighted by Gasteiger charge is 1.88. The molecule has 0 rings (SSSR count). The maximum atomic E-state index is 8.95. The third-order valence-electron chi connectivity index (χ3n) is 1.33. The van der Waals surface area contributed by atoms with E-state index < -0.39 is 0 Å². The molecule has 0 N–H and O–H groups in total. The largest absolute Gasteiger partial charge is 0.471 e. The van der Waals surface area contributed by atoms with Crippen molar-refractivity contribution in [2.24, 2.45) is 0 Å². The van der Waals surface area contributed by atoms with Crippen molar-refractivity contribution in [1.29, 1.82) is 0 Å². The van der Waals surface area contributed by atoms with Crippen LogP contribution in [0.3, 0.4) is 0 Å². The molecule has 0 aliphatic heterocycles. The third kappa shape index (κ3) is 23.3. The van der Waals surface area contributed by atoms with Crippen LogP contribution >= 0.6 is 0 Å². The lowest BCUT2D eigenvalue weighted by Gasteiger charge is -2.04. The van der Waals surface area contributed by atoms with Crippen molar-refractivity contribution < 1.29 is 28.5 Å². The fourth-order valence-electron chi connectivity index (χ4n) is 0.606. The average Bonchev–Trinajstić information content (AvgIpc) is 2.33. The Labute approximate surface area is 96.8 Å². The topological polar surface area (TPSA) is 63.2 Å². The van der Waals surface area contributed by atoms with Crippen molar-refractivity contribution in [1.82, 2.24) is 0 Å². The molecule has 0 aliphatic rings. The van der Waals surface area contributed by atoms with Gasteiger partial charge < -0.3 is 23.7 Å². The summed E-state index contributed by atoms with van der Waals surface area (Å²) in [5, 5.41) is 0. The molecule has 0 aromatic rings. The SMILES string of the molecule is COC=O.COCCOCCOCCOC. The third-order valence-corrected chi connectivity index (χ3v) is 1.33. The first-order chi connectivity index (χ1) is 7.83. The fourth-order valence-corrected chi connectivity index (χ4v) is 0.606. The summed E-state index contributed by atoms with van der Waals surface area (Å²) >= 11 is 0. The summed E-state index contributed by atoms with van der Waals surface area (Å²) in [6, 6.07) is 0. The van der Waals surface area contributed by atoms with Gasteiger partial charge in [-0.3, -0.25) is 4.79 Å². The second-order valence-corrected chi connectivity index (χ2v) is 2.54. The first kappa shape index (κ1) is 17.7. The number of carbonyl (C=O) groups is 1. The van der Waals surface area contributed by atoms with E-state index in [1.165, 1.54) is 7.11 Å². The molecule has 0 aromatic carbocycles. The molecule has 6 nitrogen and oxygen atoms in total. The molecule has 0 saturated heterocycles. The van der Waals surface area contributed by atoms with Gasteiger partial charge in [0, 0.05) is 14.2 Å². The van der Waals surface area contributed by atoms with Crippen molar-refractivity contribution in [2.45, 2.75) is 0 Å². The predicted octanol–water partition coefficient (Wildman–Crippen LogP) is 0.102. The van der Waals surface area contributed by atoms with Crippen LogP contribution in [-0.2, 0) is 28.5 Å². The monoisotopic (exact) mass is 238 g/mol. The van der Waals surface area contributed by atoms with Crippen LogP contribution in [0, 0.1) is 0 Å². The Hall–Kier alpha value is -0.690. The summed E-state index contributed by atoms with van der Waals surface area (Å²) in [7, 11) is 4.61. The number of rotatable bonds is 10. The second kappa shape index (κ2) is 19.8. The number of hydrogen-bond acceptors (Lipinski definition) is 6. The van der Waals surface area contributed by atoms with Gasteiger partial charge >= 0.3 is 0 Å². The summed E-state index contributed by atoms with van der Waals surface area (Å²) < 4.78 is 23.8. The van der Waals surface area contributed by atoms with Gasteiger partial charge in [0.25, 0.3) is 6.47 Å². The standard InChI is InChI=1S/C8H18O4.C2H4O2/c1-9-3-5-11-7-8-12-6-4-10-2;1-4-2-3/h3-8H2,1-2H3;2H,1H3. The lowest BCUT2D eigenvalue weighted by Crippen LogP contribution is -2.10. The zero-order valence-electron chi connectivity index (χ0n) is 10.3. The molecule has 0 amide bonds. The molecule has 0 aromatic heterocycles. The van der Waals surface area contributed by atoms with Gasteiger partial charge in [0.05, 0.1) is 46.8 Å². The van der Waals surface area contributed by atoms with Crippen molar-refractivity contribution in [3.05, 3.63) is 0 Å². The van der Waals surface area contributed by atoms with E-state index in [0.717, 1.165) is 0 Å². The summed E-state index contributed by atoms with van der Waals surface area (Å²) in [6.07, 6.45) is 0. The van der Waals surface area contributed by atoms with Gasteiger partial charge in [0.2, 0.25) is 0 Å². The summed E-state index contributed by atoms with van der Waals surface area (Å²) in [6.45, 7) is 4.14. The van der Waals surface area contributed by atoms with E-state index in [2.05, 4.69) is 4.74 Å². The first-order valence-electron chi connectivity index (χ1n) is 4.93. The van der Waals surface area contributed by atoms with Crippen LogP contribution in [0.2, 0.25) is 0 Å². The van der Waals surface area contributed by atoms with Crippen molar-refractivity contribution >= 4 is 6.47 Å². The summed E-state index contributed by atoms with van der Waals surface area (Å²) in [5.41, 5.74) is 0. The highest BCUT2D eigenvalue weighted by molar-refractivity contribution is 5.36. The minimum Gasteiger partial charge on any atom is -0.471 e. The smallest absolute Gasteiger partial charge is 0.292 e. The number of hydrogen-bond donors (Lipinski definition) is 0. The molecule has 6 heteroatoms. The normalized spacial score (nSPS) is 9.19. The van der Waals surface area contributed by atoms with Gasteiger partial charge in [-0.1, -0.05) is 0 Å². The van der Waals surface area contributed by atoms with Crippen LogP contribution in [0.25, 0.3) is 0 Å². The van der Waals surface area contributed by atoms with Gasteiger partial charge in [-0.15, -0.1) is 0 Å². The first-order valence-corrected chi connectivity index (χ1v) is 4.93. The summed E-state index contributed by atoms with van der Waals surface area (Å²) in [5.74, 6) is 0. The number of carbonyl (C=O) groups excluding carboxylic acids is 1. The van der Waals surface area contributed by atoms with Crippen molar-refractivity contribution in [3.63, 3.8) is 0 Å². The molecule has 0 saturated carbocycles. The summed E-state index contributed by atoms with van der Waals surface area (Å²) in [4.78, 5) is 8.95. The zero-order chi connectivity index (χ0) is 12.5. The van der Waals surface area contributed by atoms with E-state index in [9.17, 15) is 0 Å². The Morgan fingerprint density at radius 3 is 1.31 bits per heavy atom. The fraction of sp³-hybridized carbons (Fsp3) is 0.900. The van der Waals surface area contributed by atoms with Crippen molar-refractivity contribution in [2.75, 3.05) is 61.0 Å². The molecule has 0 radical (unpaired) electrons. The minimum absolute atomic E-state index is 0.375. The maximum Gasteiger partial charge on any atom is 0.292 e. The molecule has 0 unspecified atom stereocenters. The average molecular weight is 238 g/mol. The van der Waals surface area contributed by atoms with Gasteiger partial charge in [0.15, 0.2) is 0 Å². The van der Waals surface area contributed by atoms with E-state index in [-0.39, 0.29) is 0 Å². The maximum absolute atomic E-state index is 8.95. The van der Waals surface area contributed by atoms with Crippen LogP contribution in [0.1, 0.15) is 0 Å². The highest BCUT2D eigenvalue weighted by Crippen LogP contribution is 1.79. The number of ether oxygens (including phenoxy) is 5. The zero-order valence-corrected chi connectivity index (χ0v) is 10.3. The molecule has 0 aliphatic carbocycles. The van der Waals surface area contributed by atoms with Gasteiger partial charge in [-0.25, -0.2) is 0 Å². The van der Waals surface area contributed by atoms with Crippen LogP contribution in [-0.4, -0.2) is 67.4 Å². The molecule has 0 fully saturated rings.